The first kappa shape index (κ1) is 32.2. The zero-order chi connectivity index (χ0) is 36.6. The van der Waals surface area contributed by atoms with Gasteiger partial charge in [-0.1, -0.05) is 140 Å². The van der Waals surface area contributed by atoms with Crippen molar-refractivity contribution in [3.63, 3.8) is 0 Å². The van der Waals surface area contributed by atoms with Crippen LogP contribution in [0.1, 0.15) is 44.5 Å². The number of aryl methyl sites for hydroxylation is 4. The Balaban J connectivity index is 1.21. The van der Waals surface area contributed by atoms with Crippen molar-refractivity contribution in [2.45, 2.75) is 33.1 Å². The normalized spacial score (nSPS) is 13.0. The minimum absolute atomic E-state index is 0.407. The van der Waals surface area contributed by atoms with E-state index in [1.54, 1.807) is 0 Å². The second kappa shape index (κ2) is 12.3. The van der Waals surface area contributed by atoms with E-state index < -0.39 is 5.41 Å². The predicted molar refractivity (Wildman–Crippen MR) is 227 cm³/mol. The molecule has 258 valence electrons. The van der Waals surface area contributed by atoms with Gasteiger partial charge in [0.25, 0.3) is 0 Å². The Hall–Kier alpha value is -6.44. The Labute approximate surface area is 318 Å². The van der Waals surface area contributed by atoms with Crippen LogP contribution in [0.5, 0.6) is 0 Å². The first-order valence-corrected chi connectivity index (χ1v) is 19.0. The molecule has 8 aromatic carbocycles. The molecular formula is C53H41N. The maximum atomic E-state index is 2.49. The lowest BCUT2D eigenvalue weighted by Gasteiger charge is -2.32. The summed E-state index contributed by atoms with van der Waals surface area (Å²) in [6.45, 7) is 8.89. The van der Waals surface area contributed by atoms with Gasteiger partial charge in [-0.2, -0.15) is 0 Å². The molecule has 0 N–H and O–H groups in total. The molecule has 0 fully saturated rings. The third kappa shape index (κ3) is 4.64. The van der Waals surface area contributed by atoms with E-state index in [1.807, 2.05) is 0 Å². The van der Waals surface area contributed by atoms with E-state index in [4.69, 9.17) is 0 Å². The molecule has 1 spiro atoms. The van der Waals surface area contributed by atoms with Crippen LogP contribution < -0.4 is 4.90 Å². The minimum atomic E-state index is -0.407. The van der Waals surface area contributed by atoms with Gasteiger partial charge >= 0.3 is 0 Å². The fourth-order valence-corrected chi connectivity index (χ4v) is 9.60. The number of hydrogen-bond donors (Lipinski definition) is 0. The fraction of sp³-hybridized carbons (Fsp3) is 0.0943. The zero-order valence-electron chi connectivity index (χ0n) is 31.2. The minimum Gasteiger partial charge on any atom is -0.310 e. The number of benzene rings is 8. The highest BCUT2D eigenvalue weighted by Gasteiger charge is 2.51. The lowest BCUT2D eigenvalue weighted by atomic mass is 9.70. The molecular weight excluding hydrogens is 651 g/mol. The van der Waals surface area contributed by atoms with Crippen LogP contribution in [-0.4, -0.2) is 0 Å². The highest BCUT2D eigenvalue weighted by Crippen LogP contribution is 2.63. The summed E-state index contributed by atoms with van der Waals surface area (Å²) in [6, 6.07) is 65.7. The van der Waals surface area contributed by atoms with Crippen molar-refractivity contribution in [2.75, 3.05) is 4.90 Å². The van der Waals surface area contributed by atoms with E-state index in [1.165, 1.54) is 89.0 Å². The average molecular weight is 692 g/mol. The molecule has 2 aliphatic carbocycles. The van der Waals surface area contributed by atoms with Gasteiger partial charge in [0.05, 0.1) is 5.41 Å². The van der Waals surface area contributed by atoms with Crippen molar-refractivity contribution < 1.29 is 0 Å². The molecule has 0 saturated heterocycles. The van der Waals surface area contributed by atoms with E-state index in [9.17, 15) is 0 Å². The molecule has 0 amide bonds. The number of nitrogens with zero attached hydrogens (tertiary/aromatic N) is 1. The molecule has 0 atom stereocenters. The van der Waals surface area contributed by atoms with Crippen LogP contribution in [0.2, 0.25) is 0 Å². The van der Waals surface area contributed by atoms with Crippen molar-refractivity contribution in [3.8, 4) is 44.5 Å². The van der Waals surface area contributed by atoms with Gasteiger partial charge in [0.2, 0.25) is 0 Å². The highest BCUT2D eigenvalue weighted by molar-refractivity contribution is 5.96. The quantitative estimate of drug-likeness (QED) is 0.174. The number of fused-ring (bicyclic) bond motifs is 10. The second-order valence-electron chi connectivity index (χ2n) is 15.1. The van der Waals surface area contributed by atoms with E-state index in [2.05, 4.69) is 209 Å². The van der Waals surface area contributed by atoms with Crippen molar-refractivity contribution in [1.82, 2.24) is 0 Å². The summed E-state index contributed by atoms with van der Waals surface area (Å²) in [5.41, 5.74) is 23.9. The third-order valence-electron chi connectivity index (χ3n) is 12.0. The molecule has 1 heteroatoms. The summed E-state index contributed by atoms with van der Waals surface area (Å²) in [5, 5.41) is 0. The molecule has 10 rings (SSSR count). The smallest absolute Gasteiger partial charge is 0.0726 e. The van der Waals surface area contributed by atoms with Gasteiger partial charge < -0.3 is 4.90 Å². The Morgan fingerprint density at radius 2 is 0.593 bits per heavy atom. The molecule has 0 saturated carbocycles. The van der Waals surface area contributed by atoms with Crippen LogP contribution in [0, 0.1) is 27.7 Å². The zero-order valence-corrected chi connectivity index (χ0v) is 31.2. The summed E-state index contributed by atoms with van der Waals surface area (Å²) in [7, 11) is 0. The van der Waals surface area contributed by atoms with Crippen molar-refractivity contribution in [2.24, 2.45) is 0 Å². The number of rotatable bonds is 5. The van der Waals surface area contributed by atoms with E-state index in [0.717, 1.165) is 17.1 Å². The van der Waals surface area contributed by atoms with E-state index >= 15 is 0 Å². The Bertz CT molecular complexity index is 2630. The van der Waals surface area contributed by atoms with Crippen LogP contribution >= 0.6 is 0 Å². The van der Waals surface area contributed by atoms with E-state index in [-0.39, 0.29) is 0 Å². The van der Waals surface area contributed by atoms with Gasteiger partial charge in [-0.15, -0.1) is 0 Å². The van der Waals surface area contributed by atoms with Crippen LogP contribution in [0.15, 0.2) is 176 Å². The Morgan fingerprint density at radius 3 is 1.00 bits per heavy atom. The maximum absolute atomic E-state index is 2.49. The second-order valence-corrected chi connectivity index (χ2v) is 15.1. The van der Waals surface area contributed by atoms with Gasteiger partial charge in [-0.05, 0) is 153 Å². The summed E-state index contributed by atoms with van der Waals surface area (Å²) in [5.74, 6) is 0. The molecule has 0 heterocycles. The summed E-state index contributed by atoms with van der Waals surface area (Å²) in [6.07, 6.45) is 0. The largest absolute Gasteiger partial charge is 0.310 e. The highest BCUT2D eigenvalue weighted by atomic mass is 15.1. The molecule has 0 aliphatic heterocycles. The Kier molecular flexibility index (Phi) is 7.35. The molecule has 1 nitrogen and oxygen atoms in total. The third-order valence-corrected chi connectivity index (χ3v) is 12.0. The average Bonchev–Trinajstić information content (AvgIpc) is 3.66. The molecule has 0 unspecified atom stereocenters. The Morgan fingerprint density at radius 1 is 0.278 bits per heavy atom. The number of anilines is 3. The monoisotopic (exact) mass is 691 g/mol. The van der Waals surface area contributed by atoms with Crippen molar-refractivity contribution in [3.05, 3.63) is 220 Å². The standard InChI is InChI=1S/C53H41N/c1-34-15-5-7-17-41(34)43-28-25-38(31-36(43)3)54(39-26-29-44(37(4)32-39)42-18-8-6-16-35(42)2)40-27-30-48-47-21-11-14-24-51(47)53(52(48)33-40)49-22-12-9-19-45(49)46-20-10-13-23-50(46)53/h5-33H,1-4H3. The molecule has 54 heavy (non-hydrogen) atoms. The molecule has 0 radical (unpaired) electrons. The van der Waals surface area contributed by atoms with Gasteiger partial charge in [0, 0.05) is 17.1 Å². The van der Waals surface area contributed by atoms with E-state index in [0.29, 0.717) is 0 Å². The summed E-state index contributed by atoms with van der Waals surface area (Å²) < 4.78 is 0. The van der Waals surface area contributed by atoms with Gasteiger partial charge in [-0.25, -0.2) is 0 Å². The van der Waals surface area contributed by atoms with Gasteiger partial charge in [0.1, 0.15) is 0 Å². The molecule has 0 bridgehead atoms. The van der Waals surface area contributed by atoms with Crippen LogP contribution in [-0.2, 0) is 5.41 Å². The van der Waals surface area contributed by atoms with Crippen LogP contribution in [0.25, 0.3) is 44.5 Å². The fourth-order valence-electron chi connectivity index (χ4n) is 9.60. The summed E-state index contributed by atoms with van der Waals surface area (Å²) >= 11 is 0. The molecule has 0 aromatic heterocycles. The van der Waals surface area contributed by atoms with Gasteiger partial charge in [0.15, 0.2) is 0 Å². The lowest BCUT2D eigenvalue weighted by Crippen LogP contribution is -2.26. The van der Waals surface area contributed by atoms with Gasteiger partial charge in [-0.3, -0.25) is 0 Å². The molecule has 2 aliphatic rings. The lowest BCUT2D eigenvalue weighted by molar-refractivity contribution is 0.793. The van der Waals surface area contributed by atoms with Crippen LogP contribution in [0.4, 0.5) is 17.1 Å². The molecule has 8 aromatic rings. The van der Waals surface area contributed by atoms with Crippen molar-refractivity contribution in [1.29, 1.82) is 0 Å². The van der Waals surface area contributed by atoms with Crippen LogP contribution in [0.3, 0.4) is 0 Å². The maximum Gasteiger partial charge on any atom is 0.0726 e. The topological polar surface area (TPSA) is 3.24 Å². The predicted octanol–water partition coefficient (Wildman–Crippen LogP) is 14.1. The number of hydrogen-bond acceptors (Lipinski definition) is 1. The van der Waals surface area contributed by atoms with Crippen molar-refractivity contribution >= 4 is 17.1 Å². The first-order valence-electron chi connectivity index (χ1n) is 19.0. The first-order chi connectivity index (χ1) is 26.4. The SMILES string of the molecule is Cc1ccccc1-c1ccc(N(c2ccc(-c3ccccc3C)c(C)c2)c2ccc3c(c2)C2(c4ccccc4-c4ccccc42)c2ccccc2-3)cc1C. The summed E-state index contributed by atoms with van der Waals surface area (Å²) in [4.78, 5) is 2.47.